The molecule has 1 N–H and O–H groups in total. The molecule has 38 heavy (non-hydrogen) atoms. The number of carbonyl (C=O) groups excluding carboxylic acids is 4. The quantitative estimate of drug-likeness (QED) is 0.254. The molecule has 0 aromatic carbocycles. The van der Waals surface area contributed by atoms with Crippen LogP contribution in [0.25, 0.3) is 0 Å². The highest BCUT2D eigenvalue weighted by Gasteiger charge is 2.87. The molecular formula is C29H38O9. The van der Waals surface area contributed by atoms with Gasteiger partial charge in [0.25, 0.3) is 0 Å². The third kappa shape index (κ3) is 2.49. The van der Waals surface area contributed by atoms with Crippen molar-refractivity contribution >= 4 is 23.7 Å². The number of Topliss-reactive ketones (excluding diaryl/α,β-unsaturated/α-hetero) is 1. The Morgan fingerprint density at radius 2 is 1.74 bits per heavy atom. The van der Waals surface area contributed by atoms with Gasteiger partial charge in [0, 0.05) is 35.2 Å². The number of rotatable bonds is 3. The van der Waals surface area contributed by atoms with Crippen molar-refractivity contribution < 1.29 is 43.2 Å². The summed E-state index contributed by atoms with van der Waals surface area (Å²) in [5.41, 5.74) is -5.90. The first-order valence-corrected chi connectivity index (χ1v) is 13.2. The molecule has 1 saturated heterocycles. The van der Waals surface area contributed by atoms with E-state index in [0.717, 1.165) is 0 Å². The van der Waals surface area contributed by atoms with Gasteiger partial charge in [0.1, 0.15) is 18.0 Å². The fourth-order valence-electron chi connectivity index (χ4n) is 10.2. The summed E-state index contributed by atoms with van der Waals surface area (Å²) in [6.07, 6.45) is -1.60. The summed E-state index contributed by atoms with van der Waals surface area (Å²) in [5.74, 6) is -3.08. The summed E-state index contributed by atoms with van der Waals surface area (Å²) in [4.78, 5) is 54.3. The van der Waals surface area contributed by atoms with Crippen LogP contribution in [-0.4, -0.2) is 61.3 Å². The molecule has 0 spiro atoms. The van der Waals surface area contributed by atoms with Gasteiger partial charge >= 0.3 is 17.9 Å². The predicted molar refractivity (Wildman–Crippen MR) is 133 cm³/mol. The molecule has 9 atom stereocenters. The van der Waals surface area contributed by atoms with Crippen molar-refractivity contribution in [2.24, 2.45) is 38.9 Å². The second-order valence-electron chi connectivity index (χ2n) is 12.8. The van der Waals surface area contributed by atoms with Gasteiger partial charge in [0.05, 0.1) is 31.2 Å². The number of carbonyl (C=O) groups is 4. The van der Waals surface area contributed by atoms with E-state index in [-0.39, 0.29) is 29.7 Å². The van der Waals surface area contributed by atoms with Crippen LogP contribution in [0.1, 0.15) is 60.8 Å². The van der Waals surface area contributed by atoms with Crippen molar-refractivity contribution in [3.8, 4) is 0 Å². The molecule has 0 aromatic heterocycles. The van der Waals surface area contributed by atoms with Gasteiger partial charge in [-0.15, -0.1) is 0 Å². The summed E-state index contributed by atoms with van der Waals surface area (Å²) in [5, 5.41) is 12.1. The first-order chi connectivity index (χ1) is 17.6. The highest BCUT2D eigenvalue weighted by Crippen LogP contribution is 2.80. The van der Waals surface area contributed by atoms with Crippen LogP contribution in [0.5, 0.6) is 0 Å². The predicted octanol–water partition coefficient (Wildman–Crippen LogP) is 2.89. The number of methoxy groups -OCH3 is 2. The Morgan fingerprint density at radius 1 is 1.11 bits per heavy atom. The number of esters is 3. The molecule has 1 aliphatic heterocycles. The van der Waals surface area contributed by atoms with Crippen molar-refractivity contribution in [1.82, 2.24) is 0 Å². The summed E-state index contributed by atoms with van der Waals surface area (Å²) < 4.78 is 22.9. The lowest BCUT2D eigenvalue weighted by Gasteiger charge is -2.68. The maximum Gasteiger partial charge on any atom is 0.321 e. The van der Waals surface area contributed by atoms with Gasteiger partial charge < -0.3 is 24.1 Å². The average Bonchev–Trinajstić information content (AvgIpc) is 3.17. The summed E-state index contributed by atoms with van der Waals surface area (Å²) in [6, 6.07) is 0. The highest BCUT2D eigenvalue weighted by molar-refractivity contribution is 6.17. The lowest BCUT2D eigenvalue weighted by molar-refractivity contribution is -0.245. The van der Waals surface area contributed by atoms with E-state index in [4.69, 9.17) is 18.9 Å². The zero-order valence-corrected chi connectivity index (χ0v) is 23.4. The zero-order chi connectivity index (χ0) is 28.4. The Labute approximate surface area is 222 Å². The van der Waals surface area contributed by atoms with Gasteiger partial charge in [0.2, 0.25) is 0 Å². The molecule has 4 aliphatic carbocycles. The fourth-order valence-corrected chi connectivity index (χ4v) is 10.2. The third-order valence-corrected chi connectivity index (χ3v) is 11.3. The molecule has 5 rings (SSSR count). The van der Waals surface area contributed by atoms with E-state index in [1.165, 1.54) is 21.1 Å². The first-order valence-electron chi connectivity index (χ1n) is 13.2. The summed E-state index contributed by atoms with van der Waals surface area (Å²) >= 11 is 0. The van der Waals surface area contributed by atoms with Crippen LogP contribution in [0, 0.1) is 38.9 Å². The van der Waals surface area contributed by atoms with Crippen molar-refractivity contribution in [2.45, 2.75) is 79.1 Å². The number of ether oxygens (including phenoxy) is 4. The molecule has 1 heterocycles. The second-order valence-corrected chi connectivity index (χ2v) is 12.8. The van der Waals surface area contributed by atoms with E-state index in [9.17, 15) is 24.3 Å². The molecule has 0 amide bonds. The standard InChI is InChI=1S/C29H38O9/c1-13-21(32)29(24(34)36-9)26(6)12-16-19-25(4,5)17(37-15(3)30)10-11-28(19,23(33)38-16)20(26)18(31)14(2)27(29,7)22(13)35-8/h16-20,31H,2,10-12H2,1,3-9H3/t16-,17-,18-,19+,20+,26-,27-,28-,29+/m0/s1. The fraction of sp³-hybridized carbons (Fsp3) is 0.724. The molecule has 3 saturated carbocycles. The zero-order valence-electron chi connectivity index (χ0n) is 23.4. The van der Waals surface area contributed by atoms with Gasteiger partial charge in [0.15, 0.2) is 11.2 Å². The Kier molecular flexibility index (Phi) is 5.46. The Bertz CT molecular complexity index is 1210. The molecule has 0 aromatic rings. The minimum atomic E-state index is -1.83. The SMILES string of the molecule is C=C1[C@H](O)[C@H]2[C@]34CC[C@H](OC(C)=O)C(C)(C)[C@H]3[C@H](C[C@]2(C)[C@]2(C(=O)OC)C(=O)C(C)=C(OC)[C@]12C)OC4=O. The Hall–Kier alpha value is -2.68. The molecule has 4 fully saturated rings. The van der Waals surface area contributed by atoms with E-state index in [1.807, 2.05) is 20.8 Å². The summed E-state index contributed by atoms with van der Waals surface area (Å²) in [6.45, 7) is 14.6. The number of aliphatic hydroxyl groups excluding tert-OH is 1. The maximum atomic E-state index is 14.4. The molecule has 0 radical (unpaired) electrons. The monoisotopic (exact) mass is 530 g/mol. The molecular weight excluding hydrogens is 492 g/mol. The molecule has 9 nitrogen and oxygen atoms in total. The lowest BCUT2D eigenvalue weighted by atomic mass is 9.31. The minimum absolute atomic E-state index is 0.136. The smallest absolute Gasteiger partial charge is 0.321 e. The normalized spacial score (nSPS) is 46.6. The van der Waals surface area contributed by atoms with Gasteiger partial charge in [-0.3, -0.25) is 19.2 Å². The minimum Gasteiger partial charge on any atom is -0.500 e. The maximum absolute atomic E-state index is 14.4. The number of ketones is 1. The van der Waals surface area contributed by atoms with Crippen molar-refractivity contribution in [3.05, 3.63) is 23.5 Å². The van der Waals surface area contributed by atoms with Gasteiger partial charge in [-0.2, -0.15) is 0 Å². The van der Waals surface area contributed by atoms with Gasteiger partial charge in [-0.05, 0) is 38.7 Å². The van der Waals surface area contributed by atoms with Crippen LogP contribution in [0.15, 0.2) is 23.5 Å². The van der Waals surface area contributed by atoms with Crippen LogP contribution in [0.3, 0.4) is 0 Å². The van der Waals surface area contributed by atoms with E-state index >= 15 is 0 Å². The van der Waals surface area contributed by atoms with Crippen LogP contribution in [0.2, 0.25) is 0 Å². The van der Waals surface area contributed by atoms with E-state index in [2.05, 4.69) is 6.58 Å². The van der Waals surface area contributed by atoms with Crippen molar-refractivity contribution in [1.29, 1.82) is 0 Å². The molecule has 9 heteroatoms. The van der Waals surface area contributed by atoms with Crippen LogP contribution in [-0.2, 0) is 38.1 Å². The van der Waals surface area contributed by atoms with Crippen LogP contribution < -0.4 is 0 Å². The topological polar surface area (TPSA) is 125 Å². The molecule has 208 valence electrons. The summed E-state index contributed by atoms with van der Waals surface area (Å²) in [7, 11) is 2.67. The van der Waals surface area contributed by atoms with Gasteiger partial charge in [-0.25, -0.2) is 0 Å². The number of aliphatic hydroxyl groups is 1. The third-order valence-electron chi connectivity index (χ3n) is 11.3. The van der Waals surface area contributed by atoms with Gasteiger partial charge in [-0.1, -0.05) is 27.4 Å². The second kappa shape index (κ2) is 7.71. The molecule has 5 aliphatic rings. The number of hydrogen-bond donors (Lipinski definition) is 1. The lowest BCUT2D eigenvalue weighted by Crippen LogP contribution is -2.75. The molecule has 0 unspecified atom stereocenters. The van der Waals surface area contributed by atoms with Crippen molar-refractivity contribution in [2.75, 3.05) is 14.2 Å². The average molecular weight is 531 g/mol. The van der Waals surface area contributed by atoms with E-state index < -0.39 is 80.9 Å². The molecule has 2 bridgehead atoms. The largest absolute Gasteiger partial charge is 0.500 e. The highest BCUT2D eigenvalue weighted by atomic mass is 16.6. The van der Waals surface area contributed by atoms with Crippen molar-refractivity contribution in [3.63, 3.8) is 0 Å². The van der Waals surface area contributed by atoms with Crippen LogP contribution >= 0.6 is 0 Å². The van der Waals surface area contributed by atoms with Crippen LogP contribution in [0.4, 0.5) is 0 Å². The van der Waals surface area contributed by atoms with E-state index in [1.54, 1.807) is 13.8 Å². The number of hydrogen-bond acceptors (Lipinski definition) is 9. The Morgan fingerprint density at radius 3 is 2.29 bits per heavy atom. The first kappa shape index (κ1) is 26.9. The number of fused-ring (bicyclic) bond motifs is 3. The number of allylic oxidation sites excluding steroid dienone is 2. The van der Waals surface area contributed by atoms with E-state index in [0.29, 0.717) is 6.42 Å². The Balaban J connectivity index is 1.80.